The maximum atomic E-state index is 6.31. The molecule has 13 rings (SSSR count). The first-order valence-electron chi connectivity index (χ1n) is 23.5. The number of aromatic nitrogens is 3. The van der Waals surface area contributed by atoms with E-state index in [0.29, 0.717) is 5.95 Å². The van der Waals surface area contributed by atoms with Crippen molar-refractivity contribution in [3.63, 3.8) is 0 Å². The van der Waals surface area contributed by atoms with Crippen molar-refractivity contribution in [3.8, 4) is 50.7 Å². The summed E-state index contributed by atoms with van der Waals surface area (Å²) in [5.74, 6) is 0.605. The summed E-state index contributed by atoms with van der Waals surface area (Å²) in [6, 6.07) is 94.1. The average molecular weight is 898 g/mol. The fourth-order valence-electron chi connectivity index (χ4n) is 10.6. The molecule has 0 N–H and O–H groups in total. The van der Waals surface area contributed by atoms with Gasteiger partial charge in [-0.25, -0.2) is 9.97 Å². The van der Waals surface area contributed by atoms with Crippen LogP contribution in [0.1, 0.15) is 0 Å². The van der Waals surface area contributed by atoms with Crippen LogP contribution in [-0.2, 0) is 0 Å². The van der Waals surface area contributed by atoms with Crippen LogP contribution in [0.5, 0.6) is 0 Å². The summed E-state index contributed by atoms with van der Waals surface area (Å²) < 4.78 is 8.55. The number of furan rings is 1. The zero-order valence-electron chi connectivity index (χ0n) is 37.6. The van der Waals surface area contributed by atoms with Gasteiger partial charge in [0.05, 0.1) is 22.4 Å². The Hall–Kier alpha value is -8.90. The number of para-hydroxylation sites is 2. The number of hydrogen-bond acceptors (Lipinski definition) is 3. The number of nitrogens with zero attached hydrogens (tertiary/aromatic N) is 3. The lowest BCUT2D eigenvalue weighted by molar-refractivity contribution is 0.669. The molecule has 0 fully saturated rings. The molecular formula is C64H43N3OSi. The Balaban J connectivity index is 1.06. The number of rotatable bonds is 9. The van der Waals surface area contributed by atoms with E-state index in [4.69, 9.17) is 14.4 Å². The summed E-state index contributed by atoms with van der Waals surface area (Å²) in [6.45, 7) is 0. The highest BCUT2D eigenvalue weighted by Gasteiger charge is 2.42. The Bertz CT molecular complexity index is 3970. The van der Waals surface area contributed by atoms with Crippen molar-refractivity contribution >= 4 is 72.6 Å². The van der Waals surface area contributed by atoms with Crippen LogP contribution in [0.3, 0.4) is 0 Å². The third-order valence-corrected chi connectivity index (χ3v) is 18.5. The van der Waals surface area contributed by atoms with Crippen LogP contribution in [0.2, 0.25) is 0 Å². The number of benzene rings is 10. The van der Waals surface area contributed by atoms with E-state index in [1.54, 1.807) is 0 Å². The molecule has 4 nitrogen and oxygen atoms in total. The summed E-state index contributed by atoms with van der Waals surface area (Å²) in [4.78, 5) is 11.1. The van der Waals surface area contributed by atoms with Crippen LogP contribution < -0.4 is 20.7 Å². The number of hydrogen-bond donors (Lipinski definition) is 0. The van der Waals surface area contributed by atoms with Crippen molar-refractivity contribution in [1.29, 1.82) is 0 Å². The predicted molar refractivity (Wildman–Crippen MR) is 289 cm³/mol. The van der Waals surface area contributed by atoms with Gasteiger partial charge < -0.3 is 4.42 Å². The van der Waals surface area contributed by atoms with Gasteiger partial charge in [0.1, 0.15) is 11.2 Å². The molecule has 0 saturated heterocycles. The van der Waals surface area contributed by atoms with Gasteiger partial charge in [-0.15, -0.1) is 0 Å². The van der Waals surface area contributed by atoms with E-state index in [2.05, 4.69) is 253 Å². The molecule has 0 aliphatic carbocycles. The van der Waals surface area contributed by atoms with Crippen LogP contribution in [0.25, 0.3) is 94.5 Å². The molecule has 324 valence electrons. The molecule has 0 saturated carbocycles. The van der Waals surface area contributed by atoms with E-state index in [-0.39, 0.29) is 0 Å². The van der Waals surface area contributed by atoms with Gasteiger partial charge >= 0.3 is 0 Å². The van der Waals surface area contributed by atoms with Crippen LogP contribution in [0.4, 0.5) is 0 Å². The highest BCUT2D eigenvalue weighted by atomic mass is 28.3. The van der Waals surface area contributed by atoms with Crippen molar-refractivity contribution in [1.82, 2.24) is 14.5 Å². The largest absolute Gasteiger partial charge is 0.456 e. The van der Waals surface area contributed by atoms with Crippen LogP contribution in [0, 0.1) is 0 Å². The lowest BCUT2D eigenvalue weighted by atomic mass is 10.0. The van der Waals surface area contributed by atoms with Crippen molar-refractivity contribution < 1.29 is 4.42 Å². The third-order valence-electron chi connectivity index (χ3n) is 13.8. The Morgan fingerprint density at radius 1 is 0.290 bits per heavy atom. The topological polar surface area (TPSA) is 43.9 Å². The molecule has 0 bridgehead atoms. The molecule has 0 unspecified atom stereocenters. The normalized spacial score (nSPS) is 11.8. The van der Waals surface area contributed by atoms with Crippen molar-refractivity contribution in [2.75, 3.05) is 0 Å². The lowest BCUT2D eigenvalue weighted by Gasteiger charge is -2.35. The minimum atomic E-state index is -2.99. The third kappa shape index (κ3) is 6.90. The first kappa shape index (κ1) is 40.4. The first-order chi connectivity index (χ1) is 34.2. The van der Waals surface area contributed by atoms with Crippen molar-refractivity contribution in [2.45, 2.75) is 0 Å². The SMILES string of the molecule is c1ccc(-c2cccc([Si](c3ccccc3)(c3ccccc3)c3cccc(-c4cc(-c5ccc6oc7ccccc7c6c5)nc(-n5c6ccccc6c6cc(-c7ccccc7)ccc65)n4)c3)c2)cc1. The van der Waals surface area contributed by atoms with Crippen LogP contribution in [-0.4, -0.2) is 22.6 Å². The van der Waals surface area contributed by atoms with Gasteiger partial charge in [0, 0.05) is 32.7 Å². The van der Waals surface area contributed by atoms with Gasteiger partial charge in [-0.2, -0.15) is 0 Å². The van der Waals surface area contributed by atoms with E-state index in [1.807, 2.05) is 12.1 Å². The van der Waals surface area contributed by atoms with E-state index < -0.39 is 8.07 Å². The Kier molecular flexibility index (Phi) is 9.81. The van der Waals surface area contributed by atoms with Crippen molar-refractivity contribution in [2.24, 2.45) is 0 Å². The minimum Gasteiger partial charge on any atom is -0.456 e. The van der Waals surface area contributed by atoms with Gasteiger partial charge in [0.2, 0.25) is 5.95 Å². The molecule has 0 spiro atoms. The second-order valence-electron chi connectivity index (χ2n) is 17.7. The molecule has 69 heavy (non-hydrogen) atoms. The van der Waals surface area contributed by atoms with E-state index >= 15 is 0 Å². The number of fused-ring (bicyclic) bond motifs is 6. The van der Waals surface area contributed by atoms with Crippen LogP contribution in [0.15, 0.2) is 265 Å². The maximum Gasteiger partial charge on any atom is 0.235 e. The summed E-state index contributed by atoms with van der Waals surface area (Å²) >= 11 is 0. The second kappa shape index (κ2) is 16.8. The van der Waals surface area contributed by atoms with E-state index in [0.717, 1.165) is 71.8 Å². The Morgan fingerprint density at radius 3 is 1.41 bits per heavy atom. The summed E-state index contributed by atoms with van der Waals surface area (Å²) in [5.41, 5.74) is 12.2. The van der Waals surface area contributed by atoms with Gasteiger partial charge in [-0.1, -0.05) is 212 Å². The molecule has 3 heterocycles. The first-order valence-corrected chi connectivity index (χ1v) is 25.5. The lowest BCUT2D eigenvalue weighted by Crippen LogP contribution is -2.74. The van der Waals surface area contributed by atoms with Crippen LogP contribution >= 0.6 is 0 Å². The summed E-state index contributed by atoms with van der Waals surface area (Å²) in [5, 5.41) is 9.61. The van der Waals surface area contributed by atoms with E-state index in [1.165, 1.54) is 37.4 Å². The van der Waals surface area contributed by atoms with Gasteiger partial charge in [-0.05, 0) is 91.5 Å². The molecule has 3 aromatic heterocycles. The van der Waals surface area contributed by atoms with Gasteiger partial charge in [0.15, 0.2) is 8.07 Å². The maximum absolute atomic E-state index is 6.31. The molecule has 13 aromatic rings. The predicted octanol–water partition coefficient (Wildman–Crippen LogP) is 13.5. The summed E-state index contributed by atoms with van der Waals surface area (Å²) in [7, 11) is -2.99. The quantitative estimate of drug-likeness (QED) is 0.107. The van der Waals surface area contributed by atoms with E-state index in [9.17, 15) is 0 Å². The van der Waals surface area contributed by atoms with Gasteiger partial charge in [0.25, 0.3) is 0 Å². The minimum absolute atomic E-state index is 0.605. The zero-order valence-corrected chi connectivity index (χ0v) is 38.6. The van der Waals surface area contributed by atoms with Gasteiger partial charge in [-0.3, -0.25) is 4.57 Å². The molecule has 0 radical (unpaired) electrons. The molecule has 0 atom stereocenters. The Morgan fingerprint density at radius 2 is 0.739 bits per heavy atom. The highest BCUT2D eigenvalue weighted by molar-refractivity contribution is 7.20. The molecule has 0 aliphatic heterocycles. The fourth-order valence-corrected chi connectivity index (χ4v) is 15.4. The molecule has 0 aliphatic rings. The molecule has 0 amide bonds. The molecule has 10 aromatic carbocycles. The Labute approximate surface area is 401 Å². The standard InChI is InChI=1S/C64H43N3OSi/c1-5-19-44(20-6-1)46-23-17-29-52(39-46)69(50-25-9-3-10-26-50,51-27-11-4-12-28-51)53-30-18-24-48(40-53)58-43-59(49-36-38-63-57(42-49)55-32-14-16-34-62(55)68-63)66-64(65-58)67-60-33-15-13-31-54(60)56-41-47(35-37-61(56)67)45-21-7-2-8-22-45/h1-43H. The monoisotopic (exact) mass is 897 g/mol. The molecular weight excluding hydrogens is 855 g/mol. The van der Waals surface area contributed by atoms with Crippen molar-refractivity contribution in [3.05, 3.63) is 261 Å². The summed E-state index contributed by atoms with van der Waals surface area (Å²) in [6.07, 6.45) is 0. The fraction of sp³-hybridized carbons (Fsp3) is 0. The second-order valence-corrected chi connectivity index (χ2v) is 21.5. The zero-order chi connectivity index (χ0) is 45.7. The highest BCUT2D eigenvalue weighted by Crippen LogP contribution is 2.37. The smallest absolute Gasteiger partial charge is 0.235 e. The molecule has 5 heteroatoms. The average Bonchev–Trinajstić information content (AvgIpc) is 3.97.